The zero-order valence-electron chi connectivity index (χ0n) is 18.5. The summed E-state index contributed by atoms with van der Waals surface area (Å²) in [5.74, 6) is -2.73. The van der Waals surface area contributed by atoms with Gasteiger partial charge < -0.3 is 14.7 Å². The smallest absolute Gasteiger partial charge is 0.329 e. The van der Waals surface area contributed by atoms with Gasteiger partial charge in [0.05, 0.1) is 11.5 Å². The number of carboxylic acid groups (broad SMARTS) is 1. The SMILES string of the molecule is CCN(CC)C/C=C\c1ccccc1S(=O)(=O)N(F)C1(C(=O)O)[C@H]2COc3ccccc3[C@@H]21. The van der Waals surface area contributed by atoms with Gasteiger partial charge in [-0.25, -0.2) is 8.42 Å². The van der Waals surface area contributed by atoms with Crippen molar-refractivity contribution in [2.75, 3.05) is 26.2 Å². The lowest BCUT2D eigenvalue weighted by atomic mass is 10.0. The van der Waals surface area contributed by atoms with Crippen LogP contribution in [0.5, 0.6) is 5.75 Å². The topological polar surface area (TPSA) is 87.2 Å². The molecule has 33 heavy (non-hydrogen) atoms. The number of hydrogen-bond donors (Lipinski definition) is 1. The van der Waals surface area contributed by atoms with Crippen LogP contribution in [-0.2, 0) is 14.8 Å². The number of rotatable bonds is 9. The van der Waals surface area contributed by atoms with Gasteiger partial charge in [0, 0.05) is 23.9 Å². The third-order valence-corrected chi connectivity index (χ3v) is 8.25. The molecule has 1 fully saturated rings. The molecule has 2 aliphatic rings. The Labute approximate surface area is 193 Å². The summed E-state index contributed by atoms with van der Waals surface area (Å²) in [6.07, 6.45) is 3.45. The molecular formula is C24H27FN2O5S. The lowest BCUT2D eigenvalue weighted by Crippen LogP contribution is -2.45. The van der Waals surface area contributed by atoms with Crippen LogP contribution in [0, 0.1) is 5.92 Å². The molecule has 0 saturated heterocycles. The summed E-state index contributed by atoms with van der Waals surface area (Å²) in [4.78, 5) is 14.2. The first-order valence-electron chi connectivity index (χ1n) is 10.9. The molecule has 9 heteroatoms. The van der Waals surface area contributed by atoms with E-state index in [9.17, 15) is 18.3 Å². The maximum Gasteiger partial charge on any atom is 0.329 e. The molecule has 1 aliphatic carbocycles. The molecule has 1 unspecified atom stereocenters. The number of benzene rings is 2. The lowest BCUT2D eigenvalue weighted by molar-refractivity contribution is -0.149. The number of nitrogens with zero attached hydrogens (tertiary/aromatic N) is 2. The minimum atomic E-state index is -4.77. The molecule has 176 valence electrons. The fourth-order valence-corrected chi connectivity index (χ4v) is 6.31. The Morgan fingerprint density at radius 2 is 1.85 bits per heavy atom. The van der Waals surface area contributed by atoms with Crippen molar-refractivity contribution >= 4 is 22.1 Å². The van der Waals surface area contributed by atoms with E-state index in [0.717, 1.165) is 13.1 Å². The van der Waals surface area contributed by atoms with E-state index in [-0.39, 0.29) is 11.5 Å². The number of ether oxygens (including phenoxy) is 1. The van der Waals surface area contributed by atoms with Crippen molar-refractivity contribution < 1.29 is 27.5 Å². The van der Waals surface area contributed by atoms with Crippen molar-refractivity contribution in [2.45, 2.75) is 30.2 Å². The second-order valence-electron chi connectivity index (χ2n) is 8.21. The Morgan fingerprint density at radius 3 is 2.55 bits per heavy atom. The van der Waals surface area contributed by atoms with Gasteiger partial charge in [-0.15, -0.1) is 4.48 Å². The first-order valence-corrected chi connectivity index (χ1v) is 12.4. The van der Waals surface area contributed by atoms with Crippen molar-refractivity contribution in [1.82, 2.24) is 9.43 Å². The molecule has 1 heterocycles. The number of fused-ring (bicyclic) bond motifs is 3. The van der Waals surface area contributed by atoms with Gasteiger partial charge in [0.25, 0.3) is 10.0 Å². The Balaban J connectivity index is 1.70. The van der Waals surface area contributed by atoms with Crippen LogP contribution in [-0.4, -0.2) is 60.7 Å². The highest BCUT2D eigenvalue weighted by atomic mass is 32.2. The summed E-state index contributed by atoms with van der Waals surface area (Å²) in [5.41, 5.74) is -1.45. The predicted octanol–water partition coefficient (Wildman–Crippen LogP) is 3.55. The Kier molecular flexibility index (Phi) is 6.30. The number of carbonyl (C=O) groups is 1. The second-order valence-corrected chi connectivity index (χ2v) is 9.92. The summed E-state index contributed by atoms with van der Waals surface area (Å²) in [7, 11) is -4.77. The van der Waals surface area contributed by atoms with E-state index in [1.165, 1.54) is 12.1 Å². The molecular weight excluding hydrogens is 447 g/mol. The zero-order chi connectivity index (χ0) is 23.8. The van der Waals surface area contributed by atoms with E-state index >= 15 is 4.48 Å². The maximum absolute atomic E-state index is 15.9. The molecule has 1 aliphatic heterocycles. The summed E-state index contributed by atoms with van der Waals surface area (Å²) >= 11 is 0. The third-order valence-electron chi connectivity index (χ3n) is 6.60. The van der Waals surface area contributed by atoms with E-state index < -0.39 is 37.9 Å². The molecule has 1 N–H and O–H groups in total. The van der Waals surface area contributed by atoms with E-state index in [1.807, 2.05) is 19.9 Å². The standard InChI is InChI=1S/C24H27FN2O5S/c1-3-26(4-2)15-9-11-17-10-5-8-14-21(17)33(30,31)27(25)24(23(28)29)19-16-32-20-13-7-6-12-18(20)22(19)24/h5-14,19,22H,3-4,15-16H2,1-2H3,(H,28,29)/b11-9-/t19-,22-,24?/m0/s1. The van der Waals surface area contributed by atoms with Gasteiger partial charge >= 0.3 is 5.97 Å². The van der Waals surface area contributed by atoms with Gasteiger partial charge in [0.15, 0.2) is 5.54 Å². The molecule has 0 amide bonds. The normalized spacial score (nSPS) is 23.9. The van der Waals surface area contributed by atoms with E-state index in [0.29, 0.717) is 23.4 Å². The Bertz CT molecular complexity index is 1180. The van der Waals surface area contributed by atoms with Gasteiger partial charge in [-0.05, 0) is 35.3 Å². The van der Waals surface area contributed by atoms with Gasteiger partial charge in [-0.3, -0.25) is 4.79 Å². The number of hydrogen-bond acceptors (Lipinski definition) is 5. The molecule has 1 saturated carbocycles. The molecule has 4 rings (SSSR count). The van der Waals surface area contributed by atoms with Crippen molar-refractivity contribution in [1.29, 1.82) is 0 Å². The Hall–Kier alpha value is -2.75. The van der Waals surface area contributed by atoms with Crippen LogP contribution < -0.4 is 4.74 Å². The molecule has 0 radical (unpaired) electrons. The average molecular weight is 475 g/mol. The highest BCUT2D eigenvalue weighted by molar-refractivity contribution is 7.89. The van der Waals surface area contributed by atoms with E-state index in [2.05, 4.69) is 4.90 Å². The number of carboxylic acids is 1. The van der Waals surface area contributed by atoms with Crippen LogP contribution in [0.25, 0.3) is 6.08 Å². The predicted molar refractivity (Wildman–Crippen MR) is 122 cm³/mol. The lowest BCUT2D eigenvalue weighted by Gasteiger charge is -2.22. The van der Waals surface area contributed by atoms with Crippen molar-refractivity contribution in [3.8, 4) is 5.75 Å². The molecule has 0 bridgehead atoms. The first kappa shape index (κ1) is 23.4. The zero-order valence-corrected chi connectivity index (χ0v) is 19.3. The summed E-state index contributed by atoms with van der Waals surface area (Å²) in [5, 5.41) is 10.0. The number of aliphatic carboxylic acids is 1. The monoisotopic (exact) mass is 474 g/mol. The van der Waals surface area contributed by atoms with Crippen LogP contribution >= 0.6 is 0 Å². The quantitative estimate of drug-likeness (QED) is 0.560. The average Bonchev–Trinajstić information content (AvgIpc) is 3.52. The highest BCUT2D eigenvalue weighted by Gasteiger charge is 2.79. The summed E-state index contributed by atoms with van der Waals surface area (Å²) in [6, 6.07) is 12.8. The number of sulfonamides is 1. The minimum Gasteiger partial charge on any atom is -0.493 e. The third kappa shape index (κ3) is 3.74. The summed E-state index contributed by atoms with van der Waals surface area (Å²) < 4.78 is 47.9. The first-order chi connectivity index (χ1) is 15.8. The number of likely N-dealkylation sites (N-methyl/N-ethyl adjacent to an activating group) is 1. The largest absolute Gasteiger partial charge is 0.493 e. The van der Waals surface area contributed by atoms with Crippen LogP contribution in [0.4, 0.5) is 4.48 Å². The maximum atomic E-state index is 15.9. The molecule has 2 aromatic rings. The fraction of sp³-hybridized carbons (Fsp3) is 0.375. The molecule has 0 spiro atoms. The van der Waals surface area contributed by atoms with E-state index in [1.54, 1.807) is 42.5 Å². The molecule has 7 nitrogen and oxygen atoms in total. The second kappa shape index (κ2) is 8.89. The van der Waals surface area contributed by atoms with Crippen molar-refractivity contribution in [3.05, 3.63) is 65.7 Å². The minimum absolute atomic E-state index is 0.0741. The molecule has 3 atom stereocenters. The van der Waals surface area contributed by atoms with Gasteiger partial charge in [0.1, 0.15) is 5.75 Å². The number of para-hydroxylation sites is 1. The Morgan fingerprint density at radius 1 is 1.18 bits per heavy atom. The van der Waals surface area contributed by atoms with Gasteiger partial charge in [-0.2, -0.15) is 0 Å². The number of halogens is 1. The van der Waals surface area contributed by atoms with Crippen LogP contribution in [0.1, 0.15) is 30.9 Å². The van der Waals surface area contributed by atoms with Crippen LogP contribution in [0.3, 0.4) is 0 Å². The highest BCUT2D eigenvalue weighted by Crippen LogP contribution is 2.66. The van der Waals surface area contributed by atoms with Crippen molar-refractivity contribution in [3.63, 3.8) is 0 Å². The fourth-order valence-electron chi connectivity index (χ4n) is 4.73. The molecule has 2 aromatic carbocycles. The van der Waals surface area contributed by atoms with Gasteiger partial charge in [-0.1, -0.05) is 62.4 Å². The summed E-state index contributed by atoms with van der Waals surface area (Å²) in [6.45, 7) is 6.27. The van der Waals surface area contributed by atoms with Gasteiger partial charge in [0.2, 0.25) is 0 Å². The molecule has 0 aromatic heterocycles. The van der Waals surface area contributed by atoms with Crippen LogP contribution in [0.2, 0.25) is 0 Å². The van der Waals surface area contributed by atoms with E-state index in [4.69, 9.17) is 4.74 Å². The van der Waals surface area contributed by atoms with Crippen LogP contribution in [0.15, 0.2) is 59.5 Å². The van der Waals surface area contributed by atoms with Crippen molar-refractivity contribution in [2.24, 2.45) is 5.92 Å².